The van der Waals surface area contributed by atoms with Crippen molar-refractivity contribution in [1.82, 2.24) is 9.97 Å². The minimum atomic E-state index is -0.739. The third kappa shape index (κ3) is 2.36. The summed E-state index contributed by atoms with van der Waals surface area (Å²) in [7, 11) is 0. The highest BCUT2D eigenvalue weighted by molar-refractivity contribution is 5.96. The van der Waals surface area contributed by atoms with Crippen molar-refractivity contribution in [3.05, 3.63) is 18.5 Å². The summed E-state index contributed by atoms with van der Waals surface area (Å²) in [6, 6.07) is 1.70. The minimum Gasteiger partial charge on any atom is -0.317 e. The fraction of sp³-hybridized carbons (Fsp3) is 0.545. The fourth-order valence-corrected chi connectivity index (χ4v) is 2.00. The molecule has 16 heavy (non-hydrogen) atoms. The summed E-state index contributed by atoms with van der Waals surface area (Å²) in [6.45, 7) is 0. The van der Waals surface area contributed by atoms with Gasteiger partial charge in [0.2, 0.25) is 11.9 Å². The smallest absolute Gasteiger partial charge is 0.246 e. The Kier molecular flexibility index (Phi) is 3.14. The number of nitrogens with two attached hydrogens (primary N) is 1. The van der Waals surface area contributed by atoms with E-state index in [1.54, 1.807) is 18.5 Å². The van der Waals surface area contributed by atoms with Crippen molar-refractivity contribution in [1.29, 1.82) is 0 Å². The molecule has 1 saturated carbocycles. The maximum atomic E-state index is 12.0. The first-order chi connectivity index (χ1) is 7.71. The molecule has 0 atom stereocenters. The summed E-state index contributed by atoms with van der Waals surface area (Å²) >= 11 is 0. The Hall–Kier alpha value is -1.49. The molecule has 0 spiro atoms. The van der Waals surface area contributed by atoms with Crippen LogP contribution in [-0.4, -0.2) is 21.4 Å². The lowest BCUT2D eigenvalue weighted by Gasteiger charge is -2.31. The molecule has 3 N–H and O–H groups in total. The normalized spacial score (nSPS) is 19.1. The van der Waals surface area contributed by atoms with Crippen LogP contribution in [0.3, 0.4) is 0 Å². The van der Waals surface area contributed by atoms with E-state index in [4.69, 9.17) is 5.73 Å². The van der Waals surface area contributed by atoms with Crippen molar-refractivity contribution >= 4 is 11.9 Å². The average molecular weight is 220 g/mol. The van der Waals surface area contributed by atoms with Crippen molar-refractivity contribution in [2.45, 2.75) is 37.6 Å². The van der Waals surface area contributed by atoms with Crippen LogP contribution in [0.5, 0.6) is 0 Å². The van der Waals surface area contributed by atoms with Crippen LogP contribution in [-0.2, 0) is 4.79 Å². The predicted octanol–water partition coefficient (Wildman–Crippen LogP) is 1.08. The predicted molar refractivity (Wildman–Crippen MR) is 60.7 cm³/mol. The van der Waals surface area contributed by atoms with Gasteiger partial charge in [0.25, 0.3) is 0 Å². The zero-order valence-corrected chi connectivity index (χ0v) is 9.15. The van der Waals surface area contributed by atoms with E-state index in [2.05, 4.69) is 15.3 Å². The molecular weight excluding hydrogens is 204 g/mol. The molecule has 0 bridgehead atoms. The van der Waals surface area contributed by atoms with Gasteiger partial charge in [-0.25, -0.2) is 9.97 Å². The van der Waals surface area contributed by atoms with Crippen molar-refractivity contribution in [3.63, 3.8) is 0 Å². The van der Waals surface area contributed by atoms with Crippen LogP contribution < -0.4 is 11.1 Å². The second kappa shape index (κ2) is 4.57. The molecule has 1 fully saturated rings. The molecular formula is C11H16N4O. The third-order valence-corrected chi connectivity index (χ3v) is 2.99. The van der Waals surface area contributed by atoms with E-state index in [1.807, 2.05) is 0 Å². The first kappa shape index (κ1) is 11.0. The lowest BCUT2D eigenvalue weighted by atomic mass is 9.82. The minimum absolute atomic E-state index is 0.168. The third-order valence-electron chi connectivity index (χ3n) is 2.99. The summed E-state index contributed by atoms with van der Waals surface area (Å²) in [4.78, 5) is 19.9. The average Bonchev–Trinajstić information content (AvgIpc) is 2.31. The molecule has 1 heterocycles. The number of nitrogens with zero attached hydrogens (tertiary/aromatic N) is 2. The van der Waals surface area contributed by atoms with Crippen LogP contribution in [0.25, 0.3) is 0 Å². The Morgan fingerprint density at radius 2 is 1.88 bits per heavy atom. The first-order valence-corrected chi connectivity index (χ1v) is 5.58. The Bertz CT molecular complexity index is 360. The van der Waals surface area contributed by atoms with E-state index in [0.29, 0.717) is 5.95 Å². The Labute approximate surface area is 94.5 Å². The van der Waals surface area contributed by atoms with Crippen LogP contribution in [0.2, 0.25) is 0 Å². The summed E-state index contributed by atoms with van der Waals surface area (Å²) < 4.78 is 0. The van der Waals surface area contributed by atoms with Gasteiger partial charge < -0.3 is 5.73 Å². The highest BCUT2D eigenvalue weighted by Gasteiger charge is 2.35. The van der Waals surface area contributed by atoms with Crippen molar-refractivity contribution in [2.75, 3.05) is 5.32 Å². The summed E-state index contributed by atoms with van der Waals surface area (Å²) in [5, 5.41) is 2.67. The summed E-state index contributed by atoms with van der Waals surface area (Å²) in [6.07, 6.45) is 7.85. The molecule has 86 valence electrons. The van der Waals surface area contributed by atoms with Crippen LogP contribution in [0.1, 0.15) is 32.1 Å². The molecule has 1 aromatic heterocycles. The van der Waals surface area contributed by atoms with Gasteiger partial charge >= 0.3 is 0 Å². The Balaban J connectivity index is 2.02. The molecule has 1 aromatic rings. The highest BCUT2D eigenvalue weighted by atomic mass is 16.2. The molecule has 0 aliphatic heterocycles. The van der Waals surface area contributed by atoms with Gasteiger partial charge in [-0.3, -0.25) is 10.1 Å². The number of anilines is 1. The molecule has 1 amide bonds. The first-order valence-electron chi connectivity index (χ1n) is 5.58. The van der Waals surface area contributed by atoms with E-state index in [0.717, 1.165) is 32.1 Å². The van der Waals surface area contributed by atoms with E-state index < -0.39 is 5.54 Å². The number of carbonyl (C=O) groups is 1. The molecule has 2 rings (SSSR count). The molecule has 0 unspecified atom stereocenters. The topological polar surface area (TPSA) is 80.9 Å². The SMILES string of the molecule is NC1(C(=O)Nc2ncccn2)CCCCC1. The number of aromatic nitrogens is 2. The van der Waals surface area contributed by atoms with Gasteiger partial charge in [-0.15, -0.1) is 0 Å². The molecule has 0 radical (unpaired) electrons. The number of hydrogen-bond acceptors (Lipinski definition) is 4. The molecule has 0 aromatic carbocycles. The van der Waals surface area contributed by atoms with Crippen molar-refractivity contribution in [2.24, 2.45) is 5.73 Å². The molecule has 5 nitrogen and oxygen atoms in total. The van der Waals surface area contributed by atoms with Crippen LogP contribution >= 0.6 is 0 Å². The highest BCUT2D eigenvalue weighted by Crippen LogP contribution is 2.26. The monoisotopic (exact) mass is 220 g/mol. The van der Waals surface area contributed by atoms with E-state index in [1.165, 1.54) is 0 Å². The standard InChI is InChI=1S/C11H16N4O/c12-11(5-2-1-3-6-11)9(16)15-10-13-7-4-8-14-10/h4,7-8H,1-3,5-6,12H2,(H,13,14,15,16). The van der Waals surface area contributed by atoms with Gasteiger partial charge in [-0.05, 0) is 18.9 Å². The second-order valence-electron chi connectivity index (χ2n) is 4.24. The fourth-order valence-electron chi connectivity index (χ4n) is 2.00. The van der Waals surface area contributed by atoms with E-state index in [-0.39, 0.29) is 5.91 Å². The Morgan fingerprint density at radius 1 is 1.25 bits per heavy atom. The van der Waals surface area contributed by atoms with Gasteiger partial charge in [0.1, 0.15) is 0 Å². The van der Waals surface area contributed by atoms with Gasteiger partial charge in [0.05, 0.1) is 5.54 Å². The van der Waals surface area contributed by atoms with Crippen LogP contribution in [0.4, 0.5) is 5.95 Å². The number of hydrogen-bond donors (Lipinski definition) is 2. The summed E-state index contributed by atoms with van der Waals surface area (Å²) in [5.74, 6) is 0.154. The lowest BCUT2D eigenvalue weighted by Crippen LogP contribution is -2.52. The van der Waals surface area contributed by atoms with Gasteiger partial charge in [-0.2, -0.15) is 0 Å². The maximum Gasteiger partial charge on any atom is 0.246 e. The van der Waals surface area contributed by atoms with Gasteiger partial charge in [0.15, 0.2) is 0 Å². The van der Waals surface area contributed by atoms with E-state index >= 15 is 0 Å². The molecule has 1 aliphatic rings. The van der Waals surface area contributed by atoms with Gasteiger partial charge in [0, 0.05) is 12.4 Å². The zero-order chi connectivity index (χ0) is 11.4. The quantitative estimate of drug-likeness (QED) is 0.781. The number of amides is 1. The number of nitrogens with one attached hydrogen (secondary N) is 1. The van der Waals surface area contributed by atoms with E-state index in [9.17, 15) is 4.79 Å². The number of carbonyl (C=O) groups excluding carboxylic acids is 1. The molecule has 5 heteroatoms. The summed E-state index contributed by atoms with van der Waals surface area (Å²) in [5.41, 5.74) is 5.34. The van der Waals surface area contributed by atoms with Gasteiger partial charge in [-0.1, -0.05) is 19.3 Å². The van der Waals surface area contributed by atoms with Crippen molar-refractivity contribution in [3.8, 4) is 0 Å². The Morgan fingerprint density at radius 3 is 2.50 bits per heavy atom. The lowest BCUT2D eigenvalue weighted by molar-refractivity contribution is -0.122. The maximum absolute atomic E-state index is 12.0. The molecule has 0 saturated heterocycles. The zero-order valence-electron chi connectivity index (χ0n) is 9.15. The van der Waals surface area contributed by atoms with Crippen LogP contribution in [0, 0.1) is 0 Å². The number of rotatable bonds is 2. The largest absolute Gasteiger partial charge is 0.317 e. The van der Waals surface area contributed by atoms with Crippen molar-refractivity contribution < 1.29 is 4.79 Å². The molecule has 1 aliphatic carbocycles. The second-order valence-corrected chi connectivity index (χ2v) is 4.24. The van der Waals surface area contributed by atoms with Crippen LogP contribution in [0.15, 0.2) is 18.5 Å².